The Morgan fingerprint density at radius 2 is 1.95 bits per heavy atom. The van der Waals surface area contributed by atoms with Gasteiger partial charge < -0.3 is 10.6 Å². The summed E-state index contributed by atoms with van der Waals surface area (Å²) in [6.45, 7) is -0.232. The van der Waals surface area contributed by atoms with Crippen LogP contribution in [0.4, 0.5) is 4.79 Å². The van der Waals surface area contributed by atoms with Crippen molar-refractivity contribution in [2.24, 2.45) is 22.7 Å². The number of hydrogen-bond acceptors (Lipinski definition) is 5. The third-order valence-electron chi connectivity index (χ3n) is 3.97. The summed E-state index contributed by atoms with van der Waals surface area (Å²) in [7, 11) is 3.14. The zero-order valence-corrected chi connectivity index (χ0v) is 12.5. The van der Waals surface area contributed by atoms with Gasteiger partial charge in [0.25, 0.3) is 0 Å². The molecule has 0 aromatic carbocycles. The van der Waals surface area contributed by atoms with Crippen molar-refractivity contribution < 1.29 is 19.2 Å². The topological polar surface area (TPSA) is 125 Å². The summed E-state index contributed by atoms with van der Waals surface area (Å²) in [6, 6.07) is -0.776. The highest BCUT2D eigenvalue weighted by atomic mass is 16.2. The number of urea groups is 1. The van der Waals surface area contributed by atoms with Crippen LogP contribution in [0.15, 0.2) is 5.10 Å². The maximum atomic E-state index is 12.4. The summed E-state index contributed by atoms with van der Waals surface area (Å²) in [4.78, 5) is 49.4. The van der Waals surface area contributed by atoms with Gasteiger partial charge in [0, 0.05) is 19.8 Å². The van der Waals surface area contributed by atoms with Gasteiger partial charge in [0.2, 0.25) is 17.7 Å². The van der Waals surface area contributed by atoms with Gasteiger partial charge in [-0.05, 0) is 19.3 Å². The lowest BCUT2D eigenvalue weighted by Gasteiger charge is -2.21. The molecular weight excluding hydrogens is 290 g/mol. The first-order valence-corrected chi connectivity index (χ1v) is 6.97. The Bertz CT molecular complexity index is 557. The standard InChI is InChI=1S/C13H19N5O4/c1-17(2)10(19)6-18-11(20)8-4-3-7(15-16-13(14)22)5-9(8)12(18)21/h8-9H,3-6H2,1-2H3,(H3,14,16,22)/b15-7-/t8-,9-/m1/s1. The zero-order valence-electron chi connectivity index (χ0n) is 12.5. The van der Waals surface area contributed by atoms with E-state index >= 15 is 0 Å². The predicted octanol–water partition coefficient (Wildman–Crippen LogP) is -1.12. The lowest BCUT2D eigenvalue weighted by Crippen LogP contribution is -2.40. The molecule has 0 unspecified atom stereocenters. The Hall–Kier alpha value is -2.45. The van der Waals surface area contributed by atoms with E-state index in [0.29, 0.717) is 25.0 Å². The molecule has 0 bridgehead atoms. The minimum absolute atomic E-state index is 0.232. The van der Waals surface area contributed by atoms with Crippen molar-refractivity contribution in [3.63, 3.8) is 0 Å². The number of nitrogens with zero attached hydrogens (tertiary/aromatic N) is 3. The Morgan fingerprint density at radius 3 is 2.55 bits per heavy atom. The van der Waals surface area contributed by atoms with Gasteiger partial charge in [0.1, 0.15) is 6.54 Å². The van der Waals surface area contributed by atoms with E-state index in [1.165, 1.54) is 4.90 Å². The summed E-state index contributed by atoms with van der Waals surface area (Å²) in [5, 5.41) is 3.85. The summed E-state index contributed by atoms with van der Waals surface area (Å²) < 4.78 is 0. The molecular formula is C13H19N5O4. The van der Waals surface area contributed by atoms with Gasteiger partial charge in [-0.3, -0.25) is 19.3 Å². The molecule has 22 heavy (non-hydrogen) atoms. The first-order valence-electron chi connectivity index (χ1n) is 6.97. The second-order valence-electron chi connectivity index (χ2n) is 5.66. The fourth-order valence-electron chi connectivity index (χ4n) is 2.75. The van der Waals surface area contributed by atoms with E-state index in [2.05, 4.69) is 10.5 Å². The van der Waals surface area contributed by atoms with Crippen molar-refractivity contribution in [1.82, 2.24) is 15.2 Å². The summed E-state index contributed by atoms with van der Waals surface area (Å²) >= 11 is 0. The van der Waals surface area contributed by atoms with Crippen molar-refractivity contribution in [1.29, 1.82) is 0 Å². The number of rotatable bonds is 3. The van der Waals surface area contributed by atoms with E-state index in [-0.39, 0.29) is 24.3 Å². The average Bonchev–Trinajstić information content (AvgIpc) is 2.69. The molecule has 3 N–H and O–H groups in total. The van der Waals surface area contributed by atoms with Crippen LogP contribution in [0, 0.1) is 11.8 Å². The van der Waals surface area contributed by atoms with Crippen molar-refractivity contribution in [2.45, 2.75) is 19.3 Å². The van der Waals surface area contributed by atoms with Crippen LogP contribution in [0.5, 0.6) is 0 Å². The fraction of sp³-hybridized carbons (Fsp3) is 0.615. The van der Waals surface area contributed by atoms with E-state index in [1.807, 2.05) is 0 Å². The van der Waals surface area contributed by atoms with Gasteiger partial charge >= 0.3 is 6.03 Å². The molecule has 0 radical (unpaired) electrons. The molecule has 5 amide bonds. The third kappa shape index (κ3) is 3.07. The van der Waals surface area contributed by atoms with Crippen molar-refractivity contribution in [2.75, 3.05) is 20.6 Å². The van der Waals surface area contributed by atoms with E-state index in [9.17, 15) is 19.2 Å². The second-order valence-corrected chi connectivity index (χ2v) is 5.66. The Kier molecular flexibility index (Phi) is 4.43. The molecule has 1 aliphatic heterocycles. The minimum Gasteiger partial charge on any atom is -0.350 e. The molecule has 1 aliphatic carbocycles. The lowest BCUT2D eigenvalue weighted by atomic mass is 9.80. The third-order valence-corrected chi connectivity index (χ3v) is 3.97. The molecule has 2 fully saturated rings. The monoisotopic (exact) mass is 309 g/mol. The highest BCUT2D eigenvalue weighted by molar-refractivity contribution is 6.09. The largest absolute Gasteiger partial charge is 0.350 e. The number of carbonyl (C=O) groups excluding carboxylic acids is 4. The number of imide groups is 1. The minimum atomic E-state index is -0.776. The zero-order chi connectivity index (χ0) is 16.4. The van der Waals surface area contributed by atoms with Crippen molar-refractivity contribution in [3.8, 4) is 0 Å². The van der Waals surface area contributed by atoms with Gasteiger partial charge in [-0.15, -0.1) is 0 Å². The number of nitrogens with one attached hydrogen (secondary N) is 1. The summed E-state index contributed by atoms with van der Waals surface area (Å²) in [5.74, 6) is -1.87. The van der Waals surface area contributed by atoms with Crippen LogP contribution in [0.25, 0.3) is 0 Å². The highest BCUT2D eigenvalue weighted by Gasteiger charge is 2.49. The summed E-state index contributed by atoms with van der Waals surface area (Å²) in [6.07, 6.45) is 1.28. The molecule has 1 saturated carbocycles. The Balaban J connectivity index is 2.09. The maximum Gasteiger partial charge on any atom is 0.332 e. The first kappa shape index (κ1) is 15.9. The maximum absolute atomic E-state index is 12.4. The molecule has 2 aliphatic rings. The number of primary amides is 1. The van der Waals surface area contributed by atoms with E-state index in [0.717, 1.165) is 4.90 Å². The first-order chi connectivity index (χ1) is 10.3. The van der Waals surface area contributed by atoms with Gasteiger partial charge in [-0.25, -0.2) is 10.2 Å². The van der Waals surface area contributed by atoms with E-state index in [4.69, 9.17) is 5.73 Å². The lowest BCUT2D eigenvalue weighted by molar-refractivity contribution is -0.145. The van der Waals surface area contributed by atoms with Crippen LogP contribution in [-0.2, 0) is 14.4 Å². The van der Waals surface area contributed by atoms with Crippen LogP contribution in [0.2, 0.25) is 0 Å². The fourth-order valence-corrected chi connectivity index (χ4v) is 2.75. The molecule has 1 saturated heterocycles. The normalized spacial score (nSPS) is 26.1. The van der Waals surface area contributed by atoms with Gasteiger partial charge in [-0.1, -0.05) is 0 Å². The highest BCUT2D eigenvalue weighted by Crippen LogP contribution is 2.37. The summed E-state index contributed by atoms with van der Waals surface area (Å²) in [5.41, 5.74) is 7.70. The van der Waals surface area contributed by atoms with E-state index < -0.39 is 17.9 Å². The van der Waals surface area contributed by atoms with E-state index in [1.54, 1.807) is 14.1 Å². The van der Waals surface area contributed by atoms with Gasteiger partial charge in [0.15, 0.2) is 0 Å². The Morgan fingerprint density at radius 1 is 1.32 bits per heavy atom. The number of likely N-dealkylation sites (tertiary alicyclic amines) is 1. The number of nitrogens with two attached hydrogens (primary N) is 1. The number of amides is 5. The van der Waals surface area contributed by atoms with Crippen LogP contribution in [-0.4, -0.2) is 59.9 Å². The van der Waals surface area contributed by atoms with Crippen LogP contribution in [0.1, 0.15) is 19.3 Å². The van der Waals surface area contributed by atoms with Crippen molar-refractivity contribution >= 4 is 29.5 Å². The molecule has 1 heterocycles. The molecule has 2 atom stereocenters. The SMILES string of the molecule is CN(C)C(=O)CN1C(=O)[C@@H]2CC/C(=N/NC(N)=O)C[C@H]2C1=O. The average molecular weight is 309 g/mol. The molecule has 9 heteroatoms. The molecule has 0 aromatic heterocycles. The number of fused-ring (bicyclic) bond motifs is 1. The number of hydrogen-bond donors (Lipinski definition) is 2. The predicted molar refractivity (Wildman–Crippen MR) is 76.4 cm³/mol. The molecule has 0 aromatic rings. The smallest absolute Gasteiger partial charge is 0.332 e. The quantitative estimate of drug-likeness (QED) is 0.506. The van der Waals surface area contributed by atoms with Crippen LogP contribution >= 0.6 is 0 Å². The number of likely N-dealkylation sites (N-methyl/N-ethyl adjacent to an activating group) is 1. The van der Waals surface area contributed by atoms with Crippen LogP contribution < -0.4 is 11.2 Å². The van der Waals surface area contributed by atoms with Crippen LogP contribution in [0.3, 0.4) is 0 Å². The Labute approximate surface area is 127 Å². The molecule has 120 valence electrons. The second kappa shape index (κ2) is 6.12. The number of carbonyl (C=O) groups is 4. The molecule has 9 nitrogen and oxygen atoms in total. The van der Waals surface area contributed by atoms with Crippen molar-refractivity contribution in [3.05, 3.63) is 0 Å². The van der Waals surface area contributed by atoms with Gasteiger partial charge in [-0.2, -0.15) is 5.10 Å². The van der Waals surface area contributed by atoms with Gasteiger partial charge in [0.05, 0.1) is 11.8 Å². The molecule has 0 spiro atoms. The number of hydrazone groups is 1. The molecule has 2 rings (SSSR count).